The molecular formula is C20H18N4O5S. The number of carbonyl (C=O) groups is 2. The second-order valence-electron chi connectivity index (χ2n) is 6.11. The number of nitrogens with zero attached hydrogens (tertiary/aromatic N) is 3. The van der Waals surface area contributed by atoms with Crippen molar-refractivity contribution in [3.63, 3.8) is 0 Å². The number of aromatic nitrogens is 2. The Morgan fingerprint density at radius 3 is 2.50 bits per heavy atom. The summed E-state index contributed by atoms with van der Waals surface area (Å²) >= 11 is 1.36. The summed E-state index contributed by atoms with van der Waals surface area (Å²) in [5.74, 6) is -1.43. The molecule has 0 aliphatic carbocycles. The van der Waals surface area contributed by atoms with Crippen LogP contribution in [0.25, 0.3) is 5.69 Å². The number of nitrogens with one attached hydrogen (secondary N) is 1. The minimum atomic E-state index is -1.19. The van der Waals surface area contributed by atoms with Crippen molar-refractivity contribution < 1.29 is 19.2 Å². The number of esters is 1. The number of thioether (sulfide) groups is 1. The standard InChI is InChI=1S/C20H18N4O5S/c1-13(18(25)22-15-10-6-7-11-16(15)24(27)28)29-19(26)17-12-21-20(30-2)23(17)14-8-4-3-5-9-14/h3-13H,1-2H3,(H,22,25). The number of para-hydroxylation sites is 3. The van der Waals surface area contributed by atoms with Crippen molar-refractivity contribution >= 4 is 35.0 Å². The van der Waals surface area contributed by atoms with Crippen LogP contribution in [0.4, 0.5) is 11.4 Å². The molecule has 0 saturated carbocycles. The number of anilines is 1. The number of benzene rings is 2. The topological polar surface area (TPSA) is 116 Å². The predicted molar refractivity (Wildman–Crippen MR) is 112 cm³/mol. The number of rotatable bonds is 7. The van der Waals surface area contributed by atoms with Gasteiger partial charge in [-0.15, -0.1) is 0 Å². The molecule has 1 aromatic heterocycles. The molecule has 0 bridgehead atoms. The summed E-state index contributed by atoms with van der Waals surface area (Å²) in [7, 11) is 0. The second kappa shape index (κ2) is 9.23. The molecule has 0 aliphatic rings. The van der Waals surface area contributed by atoms with Gasteiger partial charge in [-0.05, 0) is 31.4 Å². The number of carbonyl (C=O) groups excluding carboxylic acids is 2. The van der Waals surface area contributed by atoms with Gasteiger partial charge in [0.15, 0.2) is 17.0 Å². The Morgan fingerprint density at radius 2 is 1.83 bits per heavy atom. The maximum Gasteiger partial charge on any atom is 0.357 e. The zero-order chi connectivity index (χ0) is 21.7. The number of hydrogen-bond donors (Lipinski definition) is 1. The molecule has 9 nitrogen and oxygen atoms in total. The highest BCUT2D eigenvalue weighted by atomic mass is 32.2. The third-order valence-electron chi connectivity index (χ3n) is 4.15. The van der Waals surface area contributed by atoms with E-state index < -0.39 is 22.9 Å². The fourth-order valence-corrected chi connectivity index (χ4v) is 3.24. The van der Waals surface area contributed by atoms with Crippen molar-refractivity contribution in [3.8, 4) is 5.69 Å². The van der Waals surface area contributed by atoms with Crippen molar-refractivity contribution in [3.05, 3.63) is 76.6 Å². The maximum absolute atomic E-state index is 12.7. The minimum absolute atomic E-state index is 0.0226. The molecular weight excluding hydrogens is 408 g/mol. The highest BCUT2D eigenvalue weighted by Gasteiger charge is 2.25. The lowest BCUT2D eigenvalue weighted by Gasteiger charge is -2.15. The first kappa shape index (κ1) is 21.1. The van der Waals surface area contributed by atoms with Gasteiger partial charge in [0.05, 0.1) is 11.1 Å². The van der Waals surface area contributed by atoms with Crippen molar-refractivity contribution in [2.75, 3.05) is 11.6 Å². The molecule has 1 heterocycles. The van der Waals surface area contributed by atoms with Gasteiger partial charge in [0.2, 0.25) is 0 Å². The SMILES string of the molecule is CSc1ncc(C(=O)OC(C)C(=O)Nc2ccccc2[N+](=O)[O-])n1-c1ccccc1. The molecule has 154 valence electrons. The molecule has 1 unspecified atom stereocenters. The first-order chi connectivity index (χ1) is 14.4. The Labute approximate surface area is 176 Å². The van der Waals surface area contributed by atoms with Gasteiger partial charge in [0.25, 0.3) is 11.6 Å². The number of nitro groups is 1. The highest BCUT2D eigenvalue weighted by Crippen LogP contribution is 2.24. The first-order valence-corrected chi connectivity index (χ1v) is 10.1. The fourth-order valence-electron chi connectivity index (χ4n) is 2.70. The van der Waals surface area contributed by atoms with E-state index in [1.807, 2.05) is 36.6 Å². The average molecular weight is 426 g/mol. The molecule has 0 aliphatic heterocycles. The molecule has 1 atom stereocenters. The van der Waals surface area contributed by atoms with E-state index in [9.17, 15) is 19.7 Å². The quantitative estimate of drug-likeness (QED) is 0.265. The summed E-state index contributed by atoms with van der Waals surface area (Å²) in [4.78, 5) is 39.9. The number of ether oxygens (including phenoxy) is 1. The lowest BCUT2D eigenvalue weighted by molar-refractivity contribution is -0.383. The molecule has 0 spiro atoms. The summed E-state index contributed by atoms with van der Waals surface area (Å²) < 4.78 is 6.94. The van der Waals surface area contributed by atoms with Crippen LogP contribution < -0.4 is 5.32 Å². The van der Waals surface area contributed by atoms with E-state index in [-0.39, 0.29) is 17.1 Å². The number of nitro benzene ring substituents is 1. The van der Waals surface area contributed by atoms with E-state index in [0.29, 0.717) is 5.16 Å². The Balaban J connectivity index is 1.78. The van der Waals surface area contributed by atoms with Crippen LogP contribution in [0.1, 0.15) is 17.4 Å². The number of amides is 1. The maximum atomic E-state index is 12.7. The predicted octanol–water partition coefficient (Wildman–Crippen LogP) is 3.69. The van der Waals surface area contributed by atoms with Crippen LogP contribution in [0, 0.1) is 10.1 Å². The van der Waals surface area contributed by atoms with Crippen LogP contribution in [-0.4, -0.2) is 38.7 Å². The number of hydrogen-bond acceptors (Lipinski definition) is 7. The summed E-state index contributed by atoms with van der Waals surface area (Å²) in [6.07, 6.45) is 2.03. The van der Waals surface area contributed by atoms with Crippen LogP contribution in [0.2, 0.25) is 0 Å². The normalized spacial score (nSPS) is 11.5. The van der Waals surface area contributed by atoms with Crippen LogP contribution in [0.5, 0.6) is 0 Å². The Kier molecular flexibility index (Phi) is 6.48. The van der Waals surface area contributed by atoms with Crippen LogP contribution in [0.3, 0.4) is 0 Å². The Hall–Kier alpha value is -3.66. The molecule has 0 saturated heterocycles. The lowest BCUT2D eigenvalue weighted by Crippen LogP contribution is -2.30. The van der Waals surface area contributed by atoms with E-state index in [1.165, 1.54) is 43.1 Å². The van der Waals surface area contributed by atoms with Crippen LogP contribution >= 0.6 is 11.8 Å². The third kappa shape index (κ3) is 4.49. The average Bonchev–Trinajstić information content (AvgIpc) is 3.19. The fraction of sp³-hybridized carbons (Fsp3) is 0.150. The zero-order valence-corrected chi connectivity index (χ0v) is 17.0. The Bertz CT molecular complexity index is 1080. The summed E-state index contributed by atoms with van der Waals surface area (Å²) in [6, 6.07) is 14.9. The van der Waals surface area contributed by atoms with Crippen LogP contribution in [0.15, 0.2) is 66.0 Å². The van der Waals surface area contributed by atoms with Gasteiger partial charge in [0, 0.05) is 11.8 Å². The van der Waals surface area contributed by atoms with E-state index >= 15 is 0 Å². The molecule has 0 radical (unpaired) electrons. The molecule has 1 N–H and O–H groups in total. The Morgan fingerprint density at radius 1 is 1.17 bits per heavy atom. The summed E-state index contributed by atoms with van der Waals surface area (Å²) in [5, 5.41) is 14.1. The van der Waals surface area contributed by atoms with Gasteiger partial charge in [-0.25, -0.2) is 9.78 Å². The summed E-state index contributed by atoms with van der Waals surface area (Å²) in [6.45, 7) is 1.39. The first-order valence-electron chi connectivity index (χ1n) is 8.84. The van der Waals surface area contributed by atoms with Gasteiger partial charge in [-0.3, -0.25) is 19.5 Å². The van der Waals surface area contributed by atoms with Crippen molar-refractivity contribution in [2.45, 2.75) is 18.2 Å². The van der Waals surface area contributed by atoms with E-state index in [1.54, 1.807) is 10.6 Å². The summed E-state index contributed by atoms with van der Waals surface area (Å²) in [5.41, 5.74) is 0.657. The zero-order valence-electron chi connectivity index (χ0n) is 16.1. The highest BCUT2D eigenvalue weighted by molar-refractivity contribution is 7.98. The van der Waals surface area contributed by atoms with E-state index in [0.717, 1.165) is 5.69 Å². The van der Waals surface area contributed by atoms with Crippen molar-refractivity contribution in [1.29, 1.82) is 0 Å². The number of imidazole rings is 1. The minimum Gasteiger partial charge on any atom is -0.448 e. The monoisotopic (exact) mass is 426 g/mol. The van der Waals surface area contributed by atoms with Gasteiger partial charge >= 0.3 is 5.97 Å². The lowest BCUT2D eigenvalue weighted by atomic mass is 10.2. The molecule has 3 rings (SSSR count). The molecule has 0 fully saturated rings. The molecule has 10 heteroatoms. The van der Waals surface area contributed by atoms with Crippen molar-refractivity contribution in [1.82, 2.24) is 9.55 Å². The molecule has 1 amide bonds. The third-order valence-corrected chi connectivity index (χ3v) is 4.80. The van der Waals surface area contributed by atoms with Gasteiger partial charge < -0.3 is 10.1 Å². The molecule has 30 heavy (non-hydrogen) atoms. The van der Waals surface area contributed by atoms with Gasteiger partial charge in [0.1, 0.15) is 5.69 Å². The smallest absolute Gasteiger partial charge is 0.357 e. The van der Waals surface area contributed by atoms with Crippen LogP contribution in [-0.2, 0) is 9.53 Å². The van der Waals surface area contributed by atoms with Gasteiger partial charge in [-0.2, -0.15) is 0 Å². The van der Waals surface area contributed by atoms with E-state index in [2.05, 4.69) is 10.3 Å². The van der Waals surface area contributed by atoms with E-state index in [4.69, 9.17) is 4.74 Å². The molecule has 3 aromatic rings. The largest absolute Gasteiger partial charge is 0.448 e. The second-order valence-corrected chi connectivity index (χ2v) is 6.89. The van der Waals surface area contributed by atoms with Crippen molar-refractivity contribution in [2.24, 2.45) is 0 Å². The van der Waals surface area contributed by atoms with Gasteiger partial charge in [-0.1, -0.05) is 42.1 Å². The molecule has 2 aromatic carbocycles.